The molecule has 2 rings (SSSR count). The fourth-order valence-corrected chi connectivity index (χ4v) is 2.10. The molecule has 2 aromatic rings. The summed E-state index contributed by atoms with van der Waals surface area (Å²) >= 11 is 0. The van der Waals surface area contributed by atoms with Crippen molar-refractivity contribution in [2.24, 2.45) is 0 Å². The zero-order valence-corrected chi connectivity index (χ0v) is 11.1. The molecule has 0 aliphatic heterocycles. The Kier molecular flexibility index (Phi) is 2.57. The number of fused-ring (bicyclic) bond motifs is 1. The second kappa shape index (κ2) is 3.69. The van der Waals surface area contributed by atoms with Crippen molar-refractivity contribution < 1.29 is 4.74 Å². The minimum absolute atomic E-state index is 0.0885. The Morgan fingerprint density at radius 1 is 1.24 bits per heavy atom. The molecule has 0 bridgehead atoms. The SMILES string of the molecule is COc1c(N)cc(C)c2[nH]c(C(C)(C)C)cc12. The van der Waals surface area contributed by atoms with Gasteiger partial charge in [0.25, 0.3) is 0 Å². The third kappa shape index (κ3) is 1.86. The van der Waals surface area contributed by atoms with Crippen LogP contribution in [0.5, 0.6) is 5.75 Å². The summed E-state index contributed by atoms with van der Waals surface area (Å²) in [5.74, 6) is 0.761. The predicted molar refractivity (Wildman–Crippen MR) is 72.7 cm³/mol. The van der Waals surface area contributed by atoms with Gasteiger partial charge in [-0.3, -0.25) is 0 Å². The molecule has 3 N–H and O–H groups in total. The van der Waals surface area contributed by atoms with E-state index >= 15 is 0 Å². The van der Waals surface area contributed by atoms with Gasteiger partial charge in [0.15, 0.2) is 5.75 Å². The second-order valence-corrected chi connectivity index (χ2v) is 5.54. The standard InChI is InChI=1S/C14H20N2O/c1-8-6-10(15)13(17-5)9-7-11(14(2,3)4)16-12(8)9/h6-7,16H,15H2,1-5H3. The molecule has 0 unspecified atom stereocenters. The molecule has 92 valence electrons. The topological polar surface area (TPSA) is 51.0 Å². The van der Waals surface area contributed by atoms with Crippen LogP contribution in [0.3, 0.4) is 0 Å². The van der Waals surface area contributed by atoms with Crippen LogP contribution in [0.2, 0.25) is 0 Å². The molecule has 0 saturated carbocycles. The molecule has 0 aliphatic rings. The minimum atomic E-state index is 0.0885. The number of rotatable bonds is 1. The van der Waals surface area contributed by atoms with Crippen molar-refractivity contribution in [3.8, 4) is 5.75 Å². The Hall–Kier alpha value is -1.64. The molecule has 1 heterocycles. The van der Waals surface area contributed by atoms with Gasteiger partial charge in [0.05, 0.1) is 18.3 Å². The molecular formula is C14H20N2O. The molecule has 0 aliphatic carbocycles. The van der Waals surface area contributed by atoms with Gasteiger partial charge >= 0.3 is 0 Å². The first kappa shape index (κ1) is 11.8. The lowest BCUT2D eigenvalue weighted by Crippen LogP contribution is -2.11. The number of methoxy groups -OCH3 is 1. The Morgan fingerprint density at radius 2 is 1.88 bits per heavy atom. The van der Waals surface area contributed by atoms with Crippen molar-refractivity contribution >= 4 is 16.6 Å². The molecule has 0 atom stereocenters. The van der Waals surface area contributed by atoms with Crippen LogP contribution in [-0.2, 0) is 5.41 Å². The number of nitrogen functional groups attached to an aromatic ring is 1. The van der Waals surface area contributed by atoms with Crippen LogP contribution in [0.15, 0.2) is 12.1 Å². The summed E-state index contributed by atoms with van der Waals surface area (Å²) in [7, 11) is 1.66. The van der Waals surface area contributed by atoms with Gasteiger partial charge < -0.3 is 15.5 Å². The normalized spacial score (nSPS) is 12.1. The van der Waals surface area contributed by atoms with Gasteiger partial charge in [-0.1, -0.05) is 20.8 Å². The van der Waals surface area contributed by atoms with Gasteiger partial charge in [0, 0.05) is 16.5 Å². The van der Waals surface area contributed by atoms with Crippen LogP contribution in [0, 0.1) is 6.92 Å². The number of aromatic amines is 1. The number of aryl methyl sites for hydroxylation is 1. The Morgan fingerprint density at radius 3 is 2.41 bits per heavy atom. The van der Waals surface area contributed by atoms with E-state index in [0.717, 1.165) is 22.2 Å². The molecular weight excluding hydrogens is 212 g/mol. The van der Waals surface area contributed by atoms with Gasteiger partial charge in [-0.15, -0.1) is 0 Å². The number of aromatic nitrogens is 1. The van der Waals surface area contributed by atoms with E-state index in [0.29, 0.717) is 5.69 Å². The second-order valence-electron chi connectivity index (χ2n) is 5.54. The van der Waals surface area contributed by atoms with E-state index in [9.17, 15) is 0 Å². The molecule has 17 heavy (non-hydrogen) atoms. The maximum Gasteiger partial charge on any atom is 0.151 e. The lowest BCUT2D eigenvalue weighted by molar-refractivity contribution is 0.422. The van der Waals surface area contributed by atoms with Crippen LogP contribution in [0.1, 0.15) is 32.0 Å². The van der Waals surface area contributed by atoms with E-state index in [1.807, 2.05) is 6.07 Å². The van der Waals surface area contributed by atoms with Crippen molar-refractivity contribution in [2.75, 3.05) is 12.8 Å². The average Bonchev–Trinajstić information content (AvgIpc) is 2.62. The largest absolute Gasteiger partial charge is 0.494 e. The molecule has 1 aromatic heterocycles. The number of ether oxygens (including phenoxy) is 1. The Balaban J connectivity index is 2.80. The summed E-state index contributed by atoms with van der Waals surface area (Å²) in [6, 6.07) is 4.08. The molecule has 0 spiro atoms. The highest BCUT2D eigenvalue weighted by molar-refractivity contribution is 5.94. The van der Waals surface area contributed by atoms with Crippen LogP contribution in [0.25, 0.3) is 10.9 Å². The van der Waals surface area contributed by atoms with Gasteiger partial charge in [-0.2, -0.15) is 0 Å². The minimum Gasteiger partial charge on any atom is -0.494 e. The van der Waals surface area contributed by atoms with Crippen LogP contribution in [0.4, 0.5) is 5.69 Å². The van der Waals surface area contributed by atoms with E-state index in [4.69, 9.17) is 10.5 Å². The van der Waals surface area contributed by atoms with Crippen molar-refractivity contribution in [2.45, 2.75) is 33.1 Å². The van der Waals surface area contributed by atoms with E-state index < -0.39 is 0 Å². The van der Waals surface area contributed by atoms with Gasteiger partial charge in [0.1, 0.15) is 0 Å². The lowest BCUT2D eigenvalue weighted by Gasteiger charge is -2.15. The molecule has 0 amide bonds. The third-order valence-electron chi connectivity index (χ3n) is 3.10. The number of anilines is 1. The molecule has 0 radical (unpaired) electrons. The van der Waals surface area contributed by atoms with E-state index in [1.165, 1.54) is 5.69 Å². The first-order valence-electron chi connectivity index (χ1n) is 5.81. The smallest absolute Gasteiger partial charge is 0.151 e. The average molecular weight is 232 g/mol. The van der Waals surface area contributed by atoms with E-state index in [-0.39, 0.29) is 5.41 Å². The van der Waals surface area contributed by atoms with Crippen LogP contribution in [-0.4, -0.2) is 12.1 Å². The number of H-pyrrole nitrogens is 1. The third-order valence-corrected chi connectivity index (χ3v) is 3.10. The zero-order valence-electron chi connectivity index (χ0n) is 11.1. The molecule has 3 nitrogen and oxygen atoms in total. The molecule has 0 saturated heterocycles. The fourth-order valence-electron chi connectivity index (χ4n) is 2.10. The Bertz CT molecular complexity index is 562. The van der Waals surface area contributed by atoms with Crippen LogP contribution >= 0.6 is 0 Å². The number of nitrogens with two attached hydrogens (primary N) is 1. The van der Waals surface area contributed by atoms with Crippen molar-refractivity contribution in [3.63, 3.8) is 0 Å². The lowest BCUT2D eigenvalue weighted by atomic mass is 9.92. The fraction of sp³-hybridized carbons (Fsp3) is 0.429. The van der Waals surface area contributed by atoms with Gasteiger partial charge in [-0.05, 0) is 24.6 Å². The molecule has 3 heteroatoms. The predicted octanol–water partition coefficient (Wildman–Crippen LogP) is 3.36. The highest BCUT2D eigenvalue weighted by Crippen LogP contribution is 2.36. The number of hydrogen-bond donors (Lipinski definition) is 2. The summed E-state index contributed by atoms with van der Waals surface area (Å²) < 4.78 is 5.39. The zero-order chi connectivity index (χ0) is 12.8. The first-order valence-corrected chi connectivity index (χ1v) is 5.81. The van der Waals surface area contributed by atoms with E-state index in [1.54, 1.807) is 7.11 Å². The first-order chi connectivity index (χ1) is 7.84. The molecule has 1 aromatic carbocycles. The number of hydrogen-bond acceptors (Lipinski definition) is 2. The summed E-state index contributed by atoms with van der Waals surface area (Å²) in [6.45, 7) is 8.61. The highest BCUT2D eigenvalue weighted by Gasteiger charge is 2.19. The summed E-state index contributed by atoms with van der Waals surface area (Å²) in [4.78, 5) is 3.47. The molecule has 0 fully saturated rings. The van der Waals surface area contributed by atoms with Crippen molar-refractivity contribution in [1.82, 2.24) is 4.98 Å². The maximum atomic E-state index is 5.98. The Labute approximate surface area is 102 Å². The summed E-state index contributed by atoms with van der Waals surface area (Å²) in [5.41, 5.74) is 10.2. The van der Waals surface area contributed by atoms with Gasteiger partial charge in [0.2, 0.25) is 0 Å². The summed E-state index contributed by atoms with van der Waals surface area (Å²) in [6.07, 6.45) is 0. The van der Waals surface area contributed by atoms with Crippen molar-refractivity contribution in [3.05, 3.63) is 23.4 Å². The summed E-state index contributed by atoms with van der Waals surface area (Å²) in [5, 5.41) is 1.06. The van der Waals surface area contributed by atoms with E-state index in [2.05, 4.69) is 38.7 Å². The van der Waals surface area contributed by atoms with Crippen molar-refractivity contribution in [1.29, 1.82) is 0 Å². The quantitative estimate of drug-likeness (QED) is 0.741. The maximum absolute atomic E-state index is 5.98. The number of benzene rings is 1. The number of nitrogens with one attached hydrogen (secondary N) is 1. The van der Waals surface area contributed by atoms with Gasteiger partial charge in [-0.25, -0.2) is 0 Å². The monoisotopic (exact) mass is 232 g/mol. The highest BCUT2D eigenvalue weighted by atomic mass is 16.5. The van der Waals surface area contributed by atoms with Crippen LogP contribution < -0.4 is 10.5 Å².